The maximum Gasteiger partial charge on any atom is 0.0376 e. The van der Waals surface area contributed by atoms with Crippen LogP contribution in [-0.2, 0) is 0 Å². The average molecular weight is 307 g/mol. The van der Waals surface area contributed by atoms with Crippen LogP contribution in [0.4, 0.5) is 5.69 Å². The summed E-state index contributed by atoms with van der Waals surface area (Å²) >= 11 is 0. The van der Waals surface area contributed by atoms with Gasteiger partial charge in [-0.25, -0.2) is 0 Å². The van der Waals surface area contributed by atoms with Crippen LogP contribution in [0.25, 0.3) is 11.1 Å². The van der Waals surface area contributed by atoms with Gasteiger partial charge in [-0.1, -0.05) is 62.6 Å². The fourth-order valence-corrected chi connectivity index (χ4v) is 3.28. The Morgan fingerprint density at radius 2 is 1.70 bits per heavy atom. The van der Waals surface area contributed by atoms with E-state index in [-0.39, 0.29) is 0 Å². The molecule has 1 aliphatic carbocycles. The third kappa shape index (κ3) is 3.96. The normalized spacial score (nSPS) is 14.5. The summed E-state index contributed by atoms with van der Waals surface area (Å²) in [5.74, 6) is 0.817. The van der Waals surface area contributed by atoms with Crippen molar-refractivity contribution in [1.82, 2.24) is 0 Å². The first-order chi connectivity index (χ1) is 11.3. The Morgan fingerprint density at radius 1 is 0.957 bits per heavy atom. The fourth-order valence-electron chi connectivity index (χ4n) is 3.28. The molecule has 1 fully saturated rings. The van der Waals surface area contributed by atoms with E-state index in [0.717, 1.165) is 12.5 Å². The average Bonchev–Trinajstić information content (AvgIpc) is 2.52. The Bertz CT molecular complexity index is 623. The smallest absolute Gasteiger partial charge is 0.0376 e. The molecule has 1 aliphatic rings. The lowest BCUT2D eigenvalue weighted by Gasteiger charge is -2.25. The van der Waals surface area contributed by atoms with Crippen LogP contribution in [0.5, 0.6) is 0 Å². The zero-order valence-electron chi connectivity index (χ0n) is 14.6. The Labute approximate surface area is 141 Å². The van der Waals surface area contributed by atoms with Gasteiger partial charge in [0.25, 0.3) is 0 Å². The Balaban J connectivity index is 1.71. The van der Waals surface area contributed by atoms with Gasteiger partial charge >= 0.3 is 0 Å². The van der Waals surface area contributed by atoms with Crippen LogP contribution in [-0.4, -0.2) is 6.54 Å². The van der Waals surface area contributed by atoms with Crippen molar-refractivity contribution in [3.05, 3.63) is 53.6 Å². The molecule has 122 valence electrons. The van der Waals surface area contributed by atoms with Crippen molar-refractivity contribution in [1.29, 1.82) is 0 Å². The Morgan fingerprint density at radius 3 is 2.35 bits per heavy atom. The molecule has 2 aromatic carbocycles. The predicted octanol–water partition coefficient (Wildman–Crippen LogP) is 6.53. The molecule has 0 spiro atoms. The highest BCUT2D eigenvalue weighted by Gasteiger charge is 2.19. The standard InChI is InChI=1S/C22H29N/c1-3-4-5-15-23-22-16-21(10-9-17(22)2)20-13-11-19(12-14-20)18-7-6-8-18/h9-14,16,18,23H,3-8,15H2,1-2H3. The van der Waals surface area contributed by atoms with Crippen LogP contribution < -0.4 is 5.32 Å². The van der Waals surface area contributed by atoms with Gasteiger partial charge in [0.05, 0.1) is 0 Å². The van der Waals surface area contributed by atoms with Crippen molar-refractivity contribution in [2.75, 3.05) is 11.9 Å². The van der Waals surface area contributed by atoms with E-state index in [2.05, 4.69) is 61.6 Å². The number of hydrogen-bond donors (Lipinski definition) is 1. The summed E-state index contributed by atoms with van der Waals surface area (Å²) < 4.78 is 0. The monoisotopic (exact) mass is 307 g/mol. The summed E-state index contributed by atoms with van der Waals surface area (Å²) in [5, 5.41) is 3.61. The number of aryl methyl sites for hydroxylation is 1. The minimum absolute atomic E-state index is 0.817. The maximum atomic E-state index is 3.61. The van der Waals surface area contributed by atoms with E-state index >= 15 is 0 Å². The lowest BCUT2D eigenvalue weighted by molar-refractivity contribution is 0.420. The molecule has 0 unspecified atom stereocenters. The highest BCUT2D eigenvalue weighted by atomic mass is 14.9. The summed E-state index contributed by atoms with van der Waals surface area (Å²) in [6, 6.07) is 16.0. The number of nitrogens with one attached hydrogen (secondary N) is 1. The van der Waals surface area contributed by atoms with Gasteiger partial charge in [0.2, 0.25) is 0 Å². The highest BCUT2D eigenvalue weighted by molar-refractivity contribution is 5.70. The van der Waals surface area contributed by atoms with E-state index in [9.17, 15) is 0 Å². The van der Waals surface area contributed by atoms with Crippen LogP contribution in [0.3, 0.4) is 0 Å². The van der Waals surface area contributed by atoms with Gasteiger partial charge in [0.1, 0.15) is 0 Å². The summed E-state index contributed by atoms with van der Waals surface area (Å²) in [5.41, 5.74) is 6.77. The number of rotatable bonds is 7. The number of benzene rings is 2. The first-order valence-corrected chi connectivity index (χ1v) is 9.23. The quantitative estimate of drug-likeness (QED) is 0.573. The molecule has 0 aliphatic heterocycles. The van der Waals surface area contributed by atoms with Crippen LogP contribution >= 0.6 is 0 Å². The van der Waals surface area contributed by atoms with E-state index in [4.69, 9.17) is 0 Å². The van der Waals surface area contributed by atoms with Crippen LogP contribution in [0.1, 0.15) is 62.5 Å². The summed E-state index contributed by atoms with van der Waals surface area (Å²) in [6.07, 6.45) is 7.96. The molecule has 0 aromatic heterocycles. The maximum absolute atomic E-state index is 3.61. The molecule has 1 heteroatoms. The van der Waals surface area contributed by atoms with E-state index in [0.29, 0.717) is 0 Å². The molecule has 1 nitrogen and oxygen atoms in total. The van der Waals surface area contributed by atoms with E-state index in [1.165, 1.54) is 66.5 Å². The second-order valence-electron chi connectivity index (χ2n) is 6.91. The second kappa shape index (κ2) is 7.68. The van der Waals surface area contributed by atoms with Crippen molar-refractivity contribution >= 4 is 5.69 Å². The van der Waals surface area contributed by atoms with E-state index in [1.54, 1.807) is 0 Å². The van der Waals surface area contributed by atoms with Crippen molar-refractivity contribution in [2.45, 2.75) is 58.3 Å². The molecular weight excluding hydrogens is 278 g/mol. The Kier molecular flexibility index (Phi) is 5.38. The molecular formula is C22H29N. The van der Waals surface area contributed by atoms with Crippen molar-refractivity contribution in [2.24, 2.45) is 0 Å². The molecule has 3 rings (SSSR count). The molecule has 0 amide bonds. The summed E-state index contributed by atoms with van der Waals surface area (Å²) in [6.45, 7) is 5.50. The fraction of sp³-hybridized carbons (Fsp3) is 0.455. The SMILES string of the molecule is CCCCCNc1cc(-c2ccc(C3CCC3)cc2)ccc1C. The van der Waals surface area contributed by atoms with Crippen LogP contribution in [0.2, 0.25) is 0 Å². The molecule has 0 saturated heterocycles. The van der Waals surface area contributed by atoms with Crippen molar-refractivity contribution in [3.8, 4) is 11.1 Å². The summed E-state index contributed by atoms with van der Waals surface area (Å²) in [4.78, 5) is 0. The third-order valence-electron chi connectivity index (χ3n) is 5.15. The van der Waals surface area contributed by atoms with Gasteiger partial charge in [-0.3, -0.25) is 0 Å². The molecule has 0 heterocycles. The van der Waals surface area contributed by atoms with Gasteiger partial charge in [-0.05, 0) is 60.4 Å². The minimum atomic E-state index is 0.817. The topological polar surface area (TPSA) is 12.0 Å². The molecule has 1 saturated carbocycles. The van der Waals surface area contributed by atoms with Crippen LogP contribution in [0.15, 0.2) is 42.5 Å². The number of hydrogen-bond acceptors (Lipinski definition) is 1. The first kappa shape index (κ1) is 16.1. The summed E-state index contributed by atoms with van der Waals surface area (Å²) in [7, 11) is 0. The zero-order valence-corrected chi connectivity index (χ0v) is 14.6. The van der Waals surface area contributed by atoms with Crippen LogP contribution in [0, 0.1) is 6.92 Å². The highest BCUT2D eigenvalue weighted by Crippen LogP contribution is 2.37. The molecule has 23 heavy (non-hydrogen) atoms. The van der Waals surface area contributed by atoms with Gasteiger partial charge < -0.3 is 5.32 Å². The Hall–Kier alpha value is -1.76. The van der Waals surface area contributed by atoms with Gasteiger partial charge in [-0.15, -0.1) is 0 Å². The van der Waals surface area contributed by atoms with E-state index < -0.39 is 0 Å². The van der Waals surface area contributed by atoms with Gasteiger partial charge in [-0.2, -0.15) is 0 Å². The second-order valence-corrected chi connectivity index (χ2v) is 6.91. The first-order valence-electron chi connectivity index (χ1n) is 9.23. The van der Waals surface area contributed by atoms with Crippen molar-refractivity contribution in [3.63, 3.8) is 0 Å². The lowest BCUT2D eigenvalue weighted by atomic mass is 9.80. The molecule has 2 aromatic rings. The molecule has 0 bridgehead atoms. The molecule has 0 atom stereocenters. The number of unbranched alkanes of at least 4 members (excludes halogenated alkanes) is 2. The molecule has 1 N–H and O–H groups in total. The minimum Gasteiger partial charge on any atom is -0.385 e. The zero-order chi connectivity index (χ0) is 16.1. The number of anilines is 1. The van der Waals surface area contributed by atoms with E-state index in [1.807, 2.05) is 0 Å². The third-order valence-corrected chi connectivity index (χ3v) is 5.15. The largest absolute Gasteiger partial charge is 0.385 e. The van der Waals surface area contributed by atoms with Gasteiger partial charge in [0, 0.05) is 12.2 Å². The lowest BCUT2D eigenvalue weighted by Crippen LogP contribution is -2.08. The molecule has 0 radical (unpaired) electrons. The van der Waals surface area contributed by atoms with Gasteiger partial charge in [0.15, 0.2) is 0 Å². The van der Waals surface area contributed by atoms with Crippen molar-refractivity contribution < 1.29 is 0 Å². The predicted molar refractivity (Wildman–Crippen MR) is 101 cm³/mol.